The maximum absolute atomic E-state index is 12.6. The van der Waals surface area contributed by atoms with Crippen LogP contribution in [-0.2, 0) is 60.4 Å². The predicted molar refractivity (Wildman–Crippen MR) is 342 cm³/mol. The number of carbonyl (C=O) groups is 2. The molecule has 0 saturated carbocycles. The van der Waals surface area contributed by atoms with Crippen molar-refractivity contribution in [1.82, 2.24) is 33.6 Å². The molecule has 428 valence electrons. The lowest BCUT2D eigenvalue weighted by atomic mass is 9.77. The smallest absolute Gasteiger partial charge is 0.303 e. The lowest BCUT2D eigenvalue weighted by Crippen LogP contribution is -2.36. The molecule has 0 aliphatic rings. The Kier molecular flexibility index (Phi) is 19.2. The van der Waals surface area contributed by atoms with Gasteiger partial charge in [-0.25, -0.2) is 9.97 Å². The number of imidazole rings is 2. The third kappa shape index (κ3) is 13.2. The molecule has 0 aliphatic carbocycles. The number of hydrogen-bond donors (Lipinski definition) is 3. The first-order chi connectivity index (χ1) is 41.7. The standard InChI is InChI=1S/C37H36N4O.C25H25N3.C12H13NO2/c1-40-26-29(34-21-11-12-22-35(34)40)23-24-36(42)38-25-13-20-33-27-41(28-39-33)37(30-14-5-2-6-15-30,31-16-7-3-8-17-31)32-18-9-4-10-19-32;26-18-10-17-24-19-28(20-27-24)25(21-11-4-1-5-12-21,22-13-6-2-7-14-22)23-15-8-3-9-16-23;1-13-8-9(6-7-12(14)15)10-4-2-3-5-11(10)13/h2-12,14-19,21-22,26-28H,13,20,23-25H2,1H3,(H,38,42);1-9,11-16,19-20H,10,17-18,26H2;2-5,8H,6-7H2,1H3,(H,14,15). The molecular formula is C74H74N8O3. The summed E-state index contributed by atoms with van der Waals surface area (Å²) in [6.07, 6.45) is 17.8. The third-order valence-corrected chi connectivity index (χ3v) is 16.0. The fourth-order valence-corrected chi connectivity index (χ4v) is 11.9. The molecule has 85 heavy (non-hydrogen) atoms. The largest absolute Gasteiger partial charge is 0.481 e. The number of rotatable bonds is 21. The van der Waals surface area contributed by atoms with E-state index in [-0.39, 0.29) is 12.3 Å². The van der Waals surface area contributed by atoms with E-state index in [1.807, 2.05) is 60.8 Å². The van der Waals surface area contributed by atoms with Crippen molar-refractivity contribution in [1.29, 1.82) is 0 Å². The van der Waals surface area contributed by atoms with Crippen LogP contribution in [0.5, 0.6) is 0 Å². The predicted octanol–water partition coefficient (Wildman–Crippen LogP) is 13.7. The molecule has 0 spiro atoms. The molecule has 12 aromatic rings. The molecule has 0 atom stereocenters. The average molecular weight is 1120 g/mol. The number of benzene rings is 8. The Morgan fingerprint density at radius 2 is 0.765 bits per heavy atom. The van der Waals surface area contributed by atoms with E-state index in [1.165, 1.54) is 49.8 Å². The van der Waals surface area contributed by atoms with Crippen LogP contribution in [0.4, 0.5) is 0 Å². The van der Waals surface area contributed by atoms with Crippen LogP contribution in [0.15, 0.2) is 268 Å². The van der Waals surface area contributed by atoms with Gasteiger partial charge in [0.1, 0.15) is 11.1 Å². The van der Waals surface area contributed by atoms with Gasteiger partial charge in [-0.05, 0) is 102 Å². The van der Waals surface area contributed by atoms with Crippen LogP contribution >= 0.6 is 0 Å². The van der Waals surface area contributed by atoms with Gasteiger partial charge in [0, 0.05) is 80.1 Å². The topological polar surface area (TPSA) is 138 Å². The molecule has 12 rings (SSSR count). The molecular weight excluding hydrogens is 1050 g/mol. The van der Waals surface area contributed by atoms with Gasteiger partial charge in [0.2, 0.25) is 5.91 Å². The van der Waals surface area contributed by atoms with Gasteiger partial charge in [-0.3, -0.25) is 9.59 Å². The minimum Gasteiger partial charge on any atom is -0.481 e. The van der Waals surface area contributed by atoms with E-state index >= 15 is 0 Å². The monoisotopic (exact) mass is 1120 g/mol. The maximum Gasteiger partial charge on any atom is 0.303 e. The fourth-order valence-electron chi connectivity index (χ4n) is 11.9. The minimum absolute atomic E-state index is 0.0877. The molecule has 0 fully saturated rings. The quantitative estimate of drug-likeness (QED) is 0.0484. The number of nitrogens with zero attached hydrogens (tertiary/aromatic N) is 6. The average Bonchev–Trinajstić information content (AvgIpc) is 1.97. The number of carboxylic acid groups (broad SMARTS) is 1. The Morgan fingerprint density at radius 3 is 1.12 bits per heavy atom. The Morgan fingerprint density at radius 1 is 0.435 bits per heavy atom. The number of amides is 1. The zero-order chi connectivity index (χ0) is 58.9. The van der Waals surface area contributed by atoms with Crippen molar-refractivity contribution in [3.05, 3.63) is 324 Å². The Bertz CT molecular complexity index is 3830. The number of carboxylic acids is 1. The minimum atomic E-state index is -0.747. The van der Waals surface area contributed by atoms with Gasteiger partial charge in [-0.2, -0.15) is 0 Å². The molecule has 0 bridgehead atoms. The summed E-state index contributed by atoms with van der Waals surface area (Å²) in [5.41, 5.74) is 18.5. The van der Waals surface area contributed by atoms with Crippen LogP contribution in [0.3, 0.4) is 0 Å². The van der Waals surface area contributed by atoms with Crippen LogP contribution in [-0.4, -0.2) is 58.3 Å². The van der Waals surface area contributed by atoms with Crippen LogP contribution in [0.25, 0.3) is 21.8 Å². The van der Waals surface area contributed by atoms with Gasteiger partial charge in [-0.1, -0.05) is 218 Å². The van der Waals surface area contributed by atoms with E-state index in [0.717, 1.165) is 60.0 Å². The van der Waals surface area contributed by atoms with Gasteiger partial charge in [0.25, 0.3) is 0 Å². The molecule has 0 radical (unpaired) electrons. The van der Waals surface area contributed by atoms with Gasteiger partial charge in [-0.15, -0.1) is 0 Å². The van der Waals surface area contributed by atoms with E-state index < -0.39 is 17.0 Å². The van der Waals surface area contributed by atoms with Crippen LogP contribution in [0, 0.1) is 0 Å². The zero-order valence-electron chi connectivity index (χ0n) is 48.5. The number of fused-ring (bicyclic) bond motifs is 2. The molecule has 4 N–H and O–H groups in total. The Hall–Kier alpha value is -9.84. The number of hydrogen-bond acceptors (Lipinski definition) is 5. The molecule has 0 unspecified atom stereocenters. The lowest BCUT2D eigenvalue weighted by molar-refractivity contribution is -0.137. The van der Waals surface area contributed by atoms with Crippen molar-refractivity contribution in [2.24, 2.45) is 19.8 Å². The van der Waals surface area contributed by atoms with Crippen LogP contribution < -0.4 is 11.1 Å². The zero-order valence-corrected chi connectivity index (χ0v) is 48.5. The summed E-state index contributed by atoms with van der Waals surface area (Å²) < 4.78 is 8.65. The lowest BCUT2D eigenvalue weighted by Gasteiger charge is -2.37. The van der Waals surface area contributed by atoms with Gasteiger partial charge < -0.3 is 34.4 Å². The van der Waals surface area contributed by atoms with Gasteiger partial charge in [0.15, 0.2) is 0 Å². The van der Waals surface area contributed by atoms with E-state index in [1.54, 1.807) is 0 Å². The number of aromatic nitrogens is 6. The molecule has 4 aromatic heterocycles. The van der Waals surface area contributed by atoms with Crippen molar-refractivity contribution in [2.45, 2.75) is 62.4 Å². The van der Waals surface area contributed by atoms with Crippen LogP contribution in [0.2, 0.25) is 0 Å². The summed E-state index contributed by atoms with van der Waals surface area (Å²) in [7, 11) is 4.03. The van der Waals surface area contributed by atoms with Crippen molar-refractivity contribution in [2.75, 3.05) is 13.1 Å². The number of carbonyl (C=O) groups excluding carboxylic acids is 1. The molecule has 0 saturated heterocycles. The maximum atomic E-state index is 12.6. The molecule has 0 aliphatic heterocycles. The highest BCUT2D eigenvalue weighted by Crippen LogP contribution is 2.42. The van der Waals surface area contributed by atoms with E-state index in [0.29, 0.717) is 25.9 Å². The molecule has 11 nitrogen and oxygen atoms in total. The van der Waals surface area contributed by atoms with Crippen molar-refractivity contribution in [3.63, 3.8) is 0 Å². The molecule has 1 amide bonds. The highest BCUT2D eigenvalue weighted by molar-refractivity contribution is 5.85. The summed E-state index contributed by atoms with van der Waals surface area (Å²) in [6, 6.07) is 80.2. The number of aliphatic carboxylic acids is 1. The second kappa shape index (κ2) is 28.0. The number of aryl methyl sites for hydroxylation is 6. The first-order valence-corrected chi connectivity index (χ1v) is 29.3. The highest BCUT2D eigenvalue weighted by atomic mass is 16.4. The SMILES string of the molecule is Cn1cc(CCC(=O)NCCCc2cn(C(c3ccccc3)(c3ccccc3)c3ccccc3)cn2)c2ccccc21.Cn1cc(CCC(=O)O)c2ccccc21.NCCCc1cn(C(c2ccccc2)(c2ccccc2)c2ccccc2)cn1. The van der Waals surface area contributed by atoms with E-state index in [4.69, 9.17) is 20.8 Å². The first-order valence-electron chi connectivity index (χ1n) is 29.3. The van der Waals surface area contributed by atoms with Crippen molar-refractivity contribution >= 4 is 33.7 Å². The molecule has 11 heteroatoms. The normalized spacial score (nSPS) is 11.4. The number of para-hydroxylation sites is 2. The van der Waals surface area contributed by atoms with Crippen LogP contribution in [0.1, 0.15) is 81.6 Å². The Balaban J connectivity index is 0.000000159. The molecule has 4 heterocycles. The van der Waals surface area contributed by atoms with E-state index in [9.17, 15) is 9.59 Å². The summed E-state index contributed by atoms with van der Waals surface area (Å²) in [6.45, 7) is 1.30. The highest BCUT2D eigenvalue weighted by Gasteiger charge is 2.39. The summed E-state index contributed by atoms with van der Waals surface area (Å²) in [5.74, 6) is -0.660. The summed E-state index contributed by atoms with van der Waals surface area (Å²) in [4.78, 5) is 32.7. The van der Waals surface area contributed by atoms with Gasteiger partial charge in [0.05, 0.1) is 24.0 Å². The summed E-state index contributed by atoms with van der Waals surface area (Å²) in [5, 5.41) is 14.1. The third-order valence-electron chi connectivity index (χ3n) is 16.0. The fraction of sp³-hybridized carbons (Fsp3) is 0.189. The molecule has 8 aromatic carbocycles. The number of nitrogens with two attached hydrogens (primary N) is 1. The number of nitrogens with one attached hydrogen (secondary N) is 1. The van der Waals surface area contributed by atoms with Gasteiger partial charge >= 0.3 is 5.97 Å². The summed E-state index contributed by atoms with van der Waals surface area (Å²) >= 11 is 0. The second-order valence-corrected chi connectivity index (χ2v) is 21.5. The Labute approximate surface area is 498 Å². The van der Waals surface area contributed by atoms with Crippen molar-refractivity contribution < 1.29 is 14.7 Å². The van der Waals surface area contributed by atoms with Crippen molar-refractivity contribution in [3.8, 4) is 0 Å². The first kappa shape index (κ1) is 58.4. The second-order valence-electron chi connectivity index (χ2n) is 21.5. The van der Waals surface area contributed by atoms with E-state index in [2.05, 4.69) is 245 Å².